The van der Waals surface area contributed by atoms with Crippen molar-refractivity contribution in [3.05, 3.63) is 56.7 Å². The topological polar surface area (TPSA) is 48.1 Å². The van der Waals surface area contributed by atoms with Crippen LogP contribution in [-0.4, -0.2) is 11.5 Å². The standard InChI is InChI=1S/C14H14Br2N2O/c15-12-7-10(4-5-17)8-13(16)14(12)19-9-11-3-1-2-6-18-11/h1-3,6-8H,4-5,9,17H2. The Morgan fingerprint density at radius 1 is 1.16 bits per heavy atom. The number of nitrogens with two attached hydrogens (primary N) is 1. The highest BCUT2D eigenvalue weighted by molar-refractivity contribution is 9.11. The van der Waals surface area contributed by atoms with E-state index in [1.165, 1.54) is 5.56 Å². The van der Waals surface area contributed by atoms with Gasteiger partial charge in [0.2, 0.25) is 0 Å². The van der Waals surface area contributed by atoms with Gasteiger partial charge < -0.3 is 10.5 Å². The molecule has 0 spiro atoms. The summed E-state index contributed by atoms with van der Waals surface area (Å²) < 4.78 is 7.63. The molecule has 0 aliphatic rings. The Hall–Kier alpha value is -0.910. The second-order valence-corrected chi connectivity index (χ2v) is 5.75. The Kier molecular flexibility index (Phi) is 5.36. The first-order valence-corrected chi connectivity index (χ1v) is 7.50. The van der Waals surface area contributed by atoms with Gasteiger partial charge in [0.25, 0.3) is 0 Å². The van der Waals surface area contributed by atoms with E-state index in [1.807, 2.05) is 30.3 Å². The number of hydrogen-bond donors (Lipinski definition) is 1. The SMILES string of the molecule is NCCc1cc(Br)c(OCc2ccccn2)c(Br)c1. The van der Waals surface area contributed by atoms with Crippen molar-refractivity contribution in [3.63, 3.8) is 0 Å². The maximum atomic E-state index is 5.80. The van der Waals surface area contributed by atoms with Crippen LogP contribution in [0.1, 0.15) is 11.3 Å². The molecule has 1 aromatic carbocycles. The summed E-state index contributed by atoms with van der Waals surface area (Å²) in [6.45, 7) is 1.07. The molecular formula is C14H14Br2N2O. The van der Waals surface area contributed by atoms with E-state index in [0.29, 0.717) is 13.2 Å². The average Bonchev–Trinajstić information content (AvgIpc) is 2.39. The maximum Gasteiger partial charge on any atom is 0.148 e. The molecule has 0 aliphatic heterocycles. The molecule has 0 bridgehead atoms. The van der Waals surface area contributed by atoms with E-state index >= 15 is 0 Å². The van der Waals surface area contributed by atoms with E-state index in [1.54, 1.807) is 6.20 Å². The number of hydrogen-bond acceptors (Lipinski definition) is 3. The smallest absolute Gasteiger partial charge is 0.148 e. The van der Waals surface area contributed by atoms with Gasteiger partial charge in [-0.2, -0.15) is 0 Å². The Morgan fingerprint density at radius 2 is 1.89 bits per heavy atom. The van der Waals surface area contributed by atoms with Crippen molar-refractivity contribution >= 4 is 31.9 Å². The fourth-order valence-electron chi connectivity index (χ4n) is 1.69. The van der Waals surface area contributed by atoms with Gasteiger partial charge in [0.1, 0.15) is 12.4 Å². The number of rotatable bonds is 5. The first-order chi connectivity index (χ1) is 9.20. The molecule has 0 radical (unpaired) electrons. The second-order valence-electron chi connectivity index (χ2n) is 4.04. The molecular weight excluding hydrogens is 372 g/mol. The zero-order valence-corrected chi connectivity index (χ0v) is 13.4. The minimum Gasteiger partial charge on any atom is -0.485 e. The van der Waals surface area contributed by atoms with Crippen LogP contribution in [-0.2, 0) is 13.0 Å². The molecule has 100 valence electrons. The molecule has 2 rings (SSSR count). The van der Waals surface area contributed by atoms with E-state index in [-0.39, 0.29) is 0 Å². The predicted octanol–water partition coefficient (Wildman–Crippen LogP) is 3.69. The average molecular weight is 386 g/mol. The van der Waals surface area contributed by atoms with Gasteiger partial charge in [-0.3, -0.25) is 4.98 Å². The monoisotopic (exact) mass is 384 g/mol. The zero-order chi connectivity index (χ0) is 13.7. The van der Waals surface area contributed by atoms with Crippen molar-refractivity contribution in [2.75, 3.05) is 6.54 Å². The van der Waals surface area contributed by atoms with Gasteiger partial charge in [0.15, 0.2) is 0 Å². The number of ether oxygens (including phenoxy) is 1. The summed E-state index contributed by atoms with van der Waals surface area (Å²) >= 11 is 7.05. The van der Waals surface area contributed by atoms with Gasteiger partial charge in [0, 0.05) is 6.20 Å². The van der Waals surface area contributed by atoms with Crippen LogP contribution < -0.4 is 10.5 Å². The molecule has 5 heteroatoms. The van der Waals surface area contributed by atoms with Crippen molar-refractivity contribution in [1.82, 2.24) is 4.98 Å². The molecule has 19 heavy (non-hydrogen) atoms. The van der Waals surface area contributed by atoms with E-state index in [2.05, 4.69) is 36.8 Å². The summed E-state index contributed by atoms with van der Waals surface area (Å²) in [7, 11) is 0. The molecule has 1 aromatic heterocycles. The summed E-state index contributed by atoms with van der Waals surface area (Å²) in [5.74, 6) is 0.784. The van der Waals surface area contributed by atoms with Crippen LogP contribution in [0, 0.1) is 0 Å². The van der Waals surface area contributed by atoms with Crippen LogP contribution in [0.25, 0.3) is 0 Å². The van der Waals surface area contributed by atoms with Gasteiger partial charge in [0.05, 0.1) is 14.6 Å². The van der Waals surface area contributed by atoms with Crippen LogP contribution in [0.15, 0.2) is 45.5 Å². The highest BCUT2D eigenvalue weighted by Crippen LogP contribution is 2.35. The number of aromatic nitrogens is 1. The first kappa shape index (κ1) is 14.5. The van der Waals surface area contributed by atoms with E-state index in [4.69, 9.17) is 10.5 Å². The summed E-state index contributed by atoms with van der Waals surface area (Å²) in [5, 5.41) is 0. The van der Waals surface area contributed by atoms with Gasteiger partial charge >= 0.3 is 0 Å². The van der Waals surface area contributed by atoms with Gasteiger partial charge in [-0.05, 0) is 74.7 Å². The van der Waals surface area contributed by atoms with Crippen LogP contribution in [0.5, 0.6) is 5.75 Å². The third kappa shape index (κ3) is 4.03. The third-order valence-corrected chi connectivity index (χ3v) is 3.76. The Morgan fingerprint density at radius 3 is 2.47 bits per heavy atom. The van der Waals surface area contributed by atoms with Crippen molar-refractivity contribution < 1.29 is 4.74 Å². The quantitative estimate of drug-likeness (QED) is 0.853. The van der Waals surface area contributed by atoms with Crippen molar-refractivity contribution in [1.29, 1.82) is 0 Å². The molecule has 2 aromatic rings. The Bertz CT molecular complexity index is 523. The number of nitrogens with zero attached hydrogens (tertiary/aromatic N) is 1. The van der Waals surface area contributed by atoms with E-state index in [9.17, 15) is 0 Å². The molecule has 0 amide bonds. The molecule has 3 nitrogen and oxygen atoms in total. The molecule has 1 heterocycles. The molecule has 0 saturated carbocycles. The predicted molar refractivity (Wildman–Crippen MR) is 83.2 cm³/mol. The second kappa shape index (κ2) is 7.03. The third-order valence-electron chi connectivity index (χ3n) is 2.58. The van der Waals surface area contributed by atoms with Gasteiger partial charge in [-0.1, -0.05) is 6.07 Å². The molecule has 0 aliphatic carbocycles. The number of halogens is 2. The lowest BCUT2D eigenvalue weighted by Crippen LogP contribution is -2.04. The lowest BCUT2D eigenvalue weighted by Gasteiger charge is -2.11. The Balaban J connectivity index is 2.12. The fraction of sp³-hybridized carbons (Fsp3) is 0.214. The summed E-state index contributed by atoms with van der Waals surface area (Å²) in [4.78, 5) is 4.23. The maximum absolute atomic E-state index is 5.80. The highest BCUT2D eigenvalue weighted by Gasteiger charge is 2.09. The molecule has 0 atom stereocenters. The largest absolute Gasteiger partial charge is 0.485 e. The van der Waals surface area contributed by atoms with Crippen molar-refractivity contribution in [3.8, 4) is 5.75 Å². The molecule has 0 unspecified atom stereocenters. The minimum atomic E-state index is 0.439. The fourth-order valence-corrected chi connectivity index (χ4v) is 3.20. The lowest BCUT2D eigenvalue weighted by molar-refractivity contribution is 0.297. The summed E-state index contributed by atoms with van der Waals surface area (Å²) in [5.41, 5.74) is 7.63. The summed E-state index contributed by atoms with van der Waals surface area (Å²) in [6, 6.07) is 9.83. The zero-order valence-electron chi connectivity index (χ0n) is 10.3. The first-order valence-electron chi connectivity index (χ1n) is 5.91. The molecule has 0 fully saturated rings. The number of pyridine rings is 1. The van der Waals surface area contributed by atoms with Crippen LogP contribution in [0.3, 0.4) is 0 Å². The summed E-state index contributed by atoms with van der Waals surface area (Å²) in [6.07, 6.45) is 2.60. The van der Waals surface area contributed by atoms with Gasteiger partial charge in [-0.15, -0.1) is 0 Å². The minimum absolute atomic E-state index is 0.439. The lowest BCUT2D eigenvalue weighted by atomic mass is 10.1. The number of benzene rings is 1. The normalized spacial score (nSPS) is 10.5. The van der Waals surface area contributed by atoms with E-state index < -0.39 is 0 Å². The van der Waals surface area contributed by atoms with E-state index in [0.717, 1.165) is 26.8 Å². The van der Waals surface area contributed by atoms with Crippen LogP contribution >= 0.6 is 31.9 Å². The Labute approximate surface area is 129 Å². The molecule has 0 saturated heterocycles. The van der Waals surface area contributed by atoms with Crippen LogP contribution in [0.2, 0.25) is 0 Å². The van der Waals surface area contributed by atoms with Crippen LogP contribution in [0.4, 0.5) is 0 Å². The highest BCUT2D eigenvalue weighted by atomic mass is 79.9. The van der Waals surface area contributed by atoms with Crippen molar-refractivity contribution in [2.24, 2.45) is 5.73 Å². The van der Waals surface area contributed by atoms with Crippen molar-refractivity contribution in [2.45, 2.75) is 13.0 Å². The van der Waals surface area contributed by atoms with Gasteiger partial charge in [-0.25, -0.2) is 0 Å². The molecule has 2 N–H and O–H groups in total.